The van der Waals surface area contributed by atoms with Gasteiger partial charge in [-0.2, -0.15) is 15.1 Å². The van der Waals surface area contributed by atoms with Crippen molar-refractivity contribution in [1.82, 2.24) is 19.7 Å². The summed E-state index contributed by atoms with van der Waals surface area (Å²) in [5.41, 5.74) is 0.450. The summed E-state index contributed by atoms with van der Waals surface area (Å²) < 4.78 is 23.2. The molecule has 12 nitrogen and oxygen atoms in total. The van der Waals surface area contributed by atoms with Gasteiger partial charge in [-0.3, -0.25) is 14.4 Å². The molecular weight excluding hydrogens is 470 g/mol. The molecule has 2 aromatic heterocycles. The lowest BCUT2D eigenvalue weighted by Crippen LogP contribution is -2.41. The van der Waals surface area contributed by atoms with Crippen LogP contribution in [0, 0.1) is 0 Å². The zero-order valence-corrected chi connectivity index (χ0v) is 19.8. The fraction of sp³-hybridized carbons (Fsp3) is 0.619. The minimum atomic E-state index is -1.25. The Morgan fingerprint density at radius 1 is 1.06 bits per heavy atom. The molecular formula is C21H26ClN5O7. The van der Waals surface area contributed by atoms with Crippen LogP contribution in [-0.2, 0) is 39.9 Å². The number of aromatic nitrogens is 4. The second-order valence-corrected chi connectivity index (χ2v) is 8.67. The molecule has 3 heterocycles. The van der Waals surface area contributed by atoms with Crippen molar-refractivity contribution in [2.75, 3.05) is 5.32 Å². The van der Waals surface area contributed by atoms with Crippen LogP contribution >= 0.6 is 11.6 Å². The van der Waals surface area contributed by atoms with Gasteiger partial charge in [-0.15, -0.1) is 0 Å². The molecule has 2 aliphatic rings. The Kier molecular flexibility index (Phi) is 7.17. The fourth-order valence-corrected chi connectivity index (χ4v) is 4.52. The number of hydrogen-bond donors (Lipinski definition) is 1. The maximum absolute atomic E-state index is 11.8. The van der Waals surface area contributed by atoms with E-state index < -0.39 is 42.5 Å². The van der Waals surface area contributed by atoms with Gasteiger partial charge in [0.2, 0.25) is 17.7 Å². The highest BCUT2D eigenvalue weighted by atomic mass is 35.5. The zero-order chi connectivity index (χ0) is 24.4. The van der Waals surface area contributed by atoms with E-state index in [1.807, 2.05) is 0 Å². The molecule has 0 aromatic carbocycles. The Hall–Kier alpha value is -2.99. The fourth-order valence-electron chi connectivity index (χ4n) is 4.35. The van der Waals surface area contributed by atoms with E-state index in [9.17, 15) is 14.4 Å². The minimum Gasteiger partial charge on any atom is -0.455 e. The molecule has 2 unspecified atom stereocenters. The summed E-state index contributed by atoms with van der Waals surface area (Å²) in [4.78, 5) is 43.7. The van der Waals surface area contributed by atoms with E-state index in [4.69, 9.17) is 30.5 Å². The predicted molar refractivity (Wildman–Crippen MR) is 118 cm³/mol. The average molecular weight is 496 g/mol. The number of nitrogens with one attached hydrogen (secondary N) is 1. The first kappa shape index (κ1) is 24.1. The van der Waals surface area contributed by atoms with Gasteiger partial charge in [-0.05, 0) is 24.4 Å². The normalized spacial score (nSPS) is 24.8. The number of carbonyl (C=O) groups is 3. The Morgan fingerprint density at radius 3 is 2.35 bits per heavy atom. The van der Waals surface area contributed by atoms with Crippen molar-refractivity contribution in [3.8, 4) is 0 Å². The third-order valence-corrected chi connectivity index (χ3v) is 5.84. The van der Waals surface area contributed by atoms with Gasteiger partial charge < -0.3 is 24.3 Å². The number of halogens is 1. The SMILES string of the molecule is CC(=O)OC1OC(Cn2ncc3c(NC4CCCC4)nc(Cl)nc32)[C@H](OC(C)=O)[C@@H]1OC(C)=O. The molecule has 0 bridgehead atoms. The minimum absolute atomic E-state index is 0.0488. The topological polar surface area (TPSA) is 144 Å². The molecule has 0 radical (unpaired) electrons. The van der Waals surface area contributed by atoms with Crippen molar-refractivity contribution in [2.24, 2.45) is 0 Å². The Labute approximate surface area is 200 Å². The molecule has 4 atom stereocenters. The van der Waals surface area contributed by atoms with Crippen molar-refractivity contribution >= 4 is 46.4 Å². The Balaban J connectivity index is 1.63. The summed E-state index contributed by atoms with van der Waals surface area (Å²) in [6.07, 6.45) is 1.72. The summed E-state index contributed by atoms with van der Waals surface area (Å²) >= 11 is 6.19. The highest BCUT2D eigenvalue weighted by Crippen LogP contribution is 2.31. The first-order valence-corrected chi connectivity index (χ1v) is 11.4. The van der Waals surface area contributed by atoms with Crippen LogP contribution in [0.3, 0.4) is 0 Å². The van der Waals surface area contributed by atoms with Crippen molar-refractivity contribution in [3.05, 3.63) is 11.5 Å². The van der Waals surface area contributed by atoms with Crippen LogP contribution in [0.25, 0.3) is 11.0 Å². The summed E-state index contributed by atoms with van der Waals surface area (Å²) in [6, 6.07) is 0.304. The van der Waals surface area contributed by atoms with Gasteiger partial charge in [0.15, 0.2) is 11.8 Å². The summed E-state index contributed by atoms with van der Waals surface area (Å²) in [5.74, 6) is -1.31. The molecule has 13 heteroatoms. The average Bonchev–Trinajstić information content (AvgIpc) is 3.45. The maximum Gasteiger partial charge on any atom is 0.305 e. The molecule has 4 rings (SSSR count). The molecule has 1 aliphatic carbocycles. The van der Waals surface area contributed by atoms with Gasteiger partial charge in [0, 0.05) is 26.8 Å². The van der Waals surface area contributed by atoms with Gasteiger partial charge >= 0.3 is 17.9 Å². The molecule has 1 N–H and O–H groups in total. The first-order valence-electron chi connectivity index (χ1n) is 11.0. The summed E-state index contributed by atoms with van der Waals surface area (Å²) in [6.45, 7) is 3.66. The van der Waals surface area contributed by atoms with Crippen LogP contribution in [-0.4, -0.2) is 68.3 Å². The van der Waals surface area contributed by atoms with E-state index in [-0.39, 0.29) is 11.8 Å². The number of ether oxygens (including phenoxy) is 4. The van der Waals surface area contributed by atoms with Gasteiger partial charge in [-0.1, -0.05) is 12.8 Å². The summed E-state index contributed by atoms with van der Waals surface area (Å²) in [5, 5.41) is 8.54. The van der Waals surface area contributed by atoms with E-state index in [2.05, 4.69) is 20.4 Å². The van der Waals surface area contributed by atoms with Crippen LogP contribution in [0.15, 0.2) is 6.20 Å². The first-order chi connectivity index (χ1) is 16.2. The Morgan fingerprint density at radius 2 is 1.71 bits per heavy atom. The van der Waals surface area contributed by atoms with Crippen LogP contribution in [0.2, 0.25) is 5.28 Å². The molecule has 0 amide bonds. The van der Waals surface area contributed by atoms with Crippen molar-refractivity contribution < 1.29 is 33.3 Å². The quantitative estimate of drug-likeness (QED) is 0.342. The van der Waals surface area contributed by atoms with E-state index in [1.165, 1.54) is 25.5 Å². The number of rotatable bonds is 7. The largest absolute Gasteiger partial charge is 0.455 e. The van der Waals surface area contributed by atoms with Gasteiger partial charge in [0.1, 0.15) is 11.9 Å². The predicted octanol–water partition coefficient (Wildman–Crippen LogP) is 1.99. The summed E-state index contributed by atoms with van der Waals surface area (Å²) in [7, 11) is 0. The molecule has 1 saturated carbocycles. The van der Waals surface area contributed by atoms with Crippen LogP contribution in [0.1, 0.15) is 46.5 Å². The van der Waals surface area contributed by atoms with Crippen molar-refractivity contribution in [2.45, 2.75) is 83.6 Å². The lowest BCUT2D eigenvalue weighted by Gasteiger charge is -2.23. The third-order valence-electron chi connectivity index (χ3n) is 5.67. The standard InChI is InChI=1S/C21H26ClN5O7/c1-10(28)31-16-15(34-20(33-12(3)30)17(16)32-11(2)29)9-27-19-14(8-23-27)18(25-21(22)26-19)24-13-6-4-5-7-13/h8,13,15-17,20H,4-7,9H2,1-3H3,(H,24,25,26)/t15?,16-,17-,20?/m0/s1. The van der Waals surface area contributed by atoms with E-state index >= 15 is 0 Å². The lowest BCUT2D eigenvalue weighted by atomic mass is 10.1. The van der Waals surface area contributed by atoms with Crippen LogP contribution < -0.4 is 5.32 Å². The van der Waals surface area contributed by atoms with Gasteiger partial charge in [-0.25, -0.2) is 4.68 Å². The molecule has 2 fully saturated rings. The number of fused-ring (bicyclic) bond motifs is 1. The zero-order valence-electron chi connectivity index (χ0n) is 19.0. The highest BCUT2D eigenvalue weighted by Gasteiger charge is 2.51. The third kappa shape index (κ3) is 5.39. The molecule has 1 aliphatic heterocycles. The van der Waals surface area contributed by atoms with Crippen molar-refractivity contribution in [3.63, 3.8) is 0 Å². The second-order valence-electron chi connectivity index (χ2n) is 8.33. The molecule has 2 aromatic rings. The lowest BCUT2D eigenvalue weighted by molar-refractivity contribution is -0.195. The van der Waals surface area contributed by atoms with E-state index in [0.29, 0.717) is 22.9 Å². The Bertz CT molecular complexity index is 1090. The van der Waals surface area contributed by atoms with Gasteiger partial charge in [0.25, 0.3) is 0 Å². The highest BCUT2D eigenvalue weighted by molar-refractivity contribution is 6.28. The second kappa shape index (κ2) is 10.1. The monoisotopic (exact) mass is 495 g/mol. The molecule has 34 heavy (non-hydrogen) atoms. The van der Waals surface area contributed by atoms with Crippen LogP contribution in [0.4, 0.5) is 5.82 Å². The molecule has 184 valence electrons. The number of esters is 3. The number of carbonyl (C=O) groups excluding carboxylic acids is 3. The van der Waals surface area contributed by atoms with Crippen LogP contribution in [0.5, 0.6) is 0 Å². The van der Waals surface area contributed by atoms with Gasteiger partial charge in [0.05, 0.1) is 18.1 Å². The molecule has 1 saturated heterocycles. The smallest absolute Gasteiger partial charge is 0.305 e. The molecule has 0 spiro atoms. The van der Waals surface area contributed by atoms with E-state index in [1.54, 1.807) is 6.20 Å². The number of nitrogens with zero attached hydrogens (tertiary/aromatic N) is 4. The maximum atomic E-state index is 11.8. The number of anilines is 1. The van der Waals surface area contributed by atoms with E-state index in [0.717, 1.165) is 25.7 Å². The number of hydrogen-bond acceptors (Lipinski definition) is 11. The van der Waals surface area contributed by atoms with Crippen molar-refractivity contribution in [1.29, 1.82) is 0 Å².